The van der Waals surface area contributed by atoms with Crippen LogP contribution in [0.15, 0.2) is 29.0 Å². The first-order valence-corrected chi connectivity index (χ1v) is 10.0. The number of hydrogen-bond donors (Lipinski definition) is 0. The Hall–Kier alpha value is -2.82. The van der Waals surface area contributed by atoms with Crippen LogP contribution in [0, 0.1) is 32.1 Å². The number of rotatable bonds is 4. The molecule has 0 spiro atoms. The van der Waals surface area contributed by atoms with Crippen LogP contribution in [-0.4, -0.2) is 15.9 Å². The van der Waals surface area contributed by atoms with Crippen molar-refractivity contribution in [3.8, 4) is 6.07 Å². The zero-order chi connectivity index (χ0) is 19.6. The van der Waals surface area contributed by atoms with Gasteiger partial charge in [-0.2, -0.15) is 5.26 Å². The highest BCUT2D eigenvalue weighted by Gasteiger charge is 2.18. The second-order valence-electron chi connectivity index (χ2n) is 6.14. The van der Waals surface area contributed by atoms with Crippen molar-refractivity contribution in [1.82, 2.24) is 9.97 Å². The second kappa shape index (κ2) is 7.82. The van der Waals surface area contributed by atoms with Crippen LogP contribution in [0.4, 0.5) is 10.8 Å². The predicted octanol–water partition coefficient (Wildman–Crippen LogP) is 5.27. The van der Waals surface area contributed by atoms with Gasteiger partial charge in [0.1, 0.15) is 11.1 Å². The van der Waals surface area contributed by atoms with Crippen molar-refractivity contribution in [1.29, 1.82) is 5.26 Å². The Kier molecular flexibility index (Phi) is 5.49. The van der Waals surface area contributed by atoms with E-state index in [2.05, 4.69) is 16.0 Å². The molecule has 0 aliphatic carbocycles. The third kappa shape index (κ3) is 4.13. The Labute approximate surface area is 166 Å². The highest BCUT2D eigenvalue weighted by Crippen LogP contribution is 2.31. The number of nitrogens with zero attached hydrogens (tertiary/aromatic N) is 4. The maximum atomic E-state index is 12.3. The number of aryl methyl sites for hydroxylation is 3. The van der Waals surface area contributed by atoms with Gasteiger partial charge in [-0.15, -0.1) is 22.7 Å². The molecule has 2 aromatic heterocycles. The molecule has 1 aromatic carbocycles. The van der Waals surface area contributed by atoms with Crippen LogP contribution in [0.5, 0.6) is 0 Å². The van der Waals surface area contributed by atoms with E-state index in [9.17, 15) is 10.1 Å². The van der Waals surface area contributed by atoms with Crippen LogP contribution in [0.2, 0.25) is 0 Å². The first kappa shape index (κ1) is 19.0. The van der Waals surface area contributed by atoms with E-state index in [1.807, 2.05) is 49.7 Å². The number of thiazole rings is 2. The number of anilines is 2. The molecule has 0 saturated carbocycles. The summed E-state index contributed by atoms with van der Waals surface area (Å²) in [5, 5.41) is 14.4. The topological polar surface area (TPSA) is 69.9 Å². The number of benzene rings is 1. The molecule has 0 bridgehead atoms. The summed E-state index contributed by atoms with van der Waals surface area (Å²) in [6.45, 7) is 7.46. The molecule has 0 fully saturated rings. The van der Waals surface area contributed by atoms with Gasteiger partial charge in [-0.1, -0.05) is 6.07 Å². The summed E-state index contributed by atoms with van der Waals surface area (Å²) >= 11 is 2.80. The minimum absolute atomic E-state index is 0.112. The zero-order valence-corrected chi connectivity index (χ0v) is 17.1. The maximum Gasteiger partial charge on any atom is 0.230 e. The summed E-state index contributed by atoms with van der Waals surface area (Å²) in [6, 6.07) is 8.07. The van der Waals surface area contributed by atoms with E-state index in [0.29, 0.717) is 21.4 Å². The summed E-state index contributed by atoms with van der Waals surface area (Å²) in [4.78, 5) is 22.8. The lowest BCUT2D eigenvalue weighted by molar-refractivity contribution is -0.115. The quantitative estimate of drug-likeness (QED) is 0.565. The van der Waals surface area contributed by atoms with Crippen LogP contribution in [0.1, 0.15) is 34.4 Å². The lowest BCUT2D eigenvalue weighted by atomic mass is 10.1. The summed E-state index contributed by atoms with van der Waals surface area (Å²) in [7, 11) is 0. The van der Waals surface area contributed by atoms with Gasteiger partial charge in [0.15, 0.2) is 5.13 Å². The van der Waals surface area contributed by atoms with Crippen LogP contribution in [0.25, 0.3) is 11.6 Å². The molecule has 7 heteroatoms. The Morgan fingerprint density at radius 2 is 1.93 bits per heavy atom. The van der Waals surface area contributed by atoms with Gasteiger partial charge in [-0.3, -0.25) is 9.69 Å². The Balaban J connectivity index is 1.97. The van der Waals surface area contributed by atoms with Crippen LogP contribution in [-0.2, 0) is 4.79 Å². The Bertz CT molecular complexity index is 1070. The average molecular weight is 395 g/mol. The Morgan fingerprint density at radius 1 is 1.15 bits per heavy atom. The van der Waals surface area contributed by atoms with Crippen molar-refractivity contribution >= 4 is 51.0 Å². The van der Waals surface area contributed by atoms with Gasteiger partial charge in [0.2, 0.25) is 5.91 Å². The second-order valence-corrected chi connectivity index (χ2v) is 7.84. The molecule has 0 unspecified atom stereocenters. The van der Waals surface area contributed by atoms with E-state index in [4.69, 9.17) is 0 Å². The monoisotopic (exact) mass is 394 g/mol. The van der Waals surface area contributed by atoms with Gasteiger partial charge in [0.05, 0.1) is 17.0 Å². The molecule has 3 aromatic rings. The SMILES string of the molecule is CC(=O)N(c1ccc(C)c(C)c1)c1nc(/C=C(/C#N)c2nc(C)cs2)cs1. The summed E-state index contributed by atoms with van der Waals surface area (Å²) < 4.78 is 0. The van der Waals surface area contributed by atoms with Crippen LogP contribution >= 0.6 is 22.7 Å². The number of amides is 1. The normalized spacial score (nSPS) is 11.3. The number of nitriles is 1. The highest BCUT2D eigenvalue weighted by molar-refractivity contribution is 7.14. The van der Waals surface area contributed by atoms with E-state index in [1.165, 1.54) is 35.2 Å². The van der Waals surface area contributed by atoms with Crippen molar-refractivity contribution in [3.63, 3.8) is 0 Å². The van der Waals surface area contributed by atoms with E-state index >= 15 is 0 Å². The lowest BCUT2D eigenvalue weighted by Crippen LogP contribution is -2.22. The average Bonchev–Trinajstić information content (AvgIpc) is 3.25. The fourth-order valence-electron chi connectivity index (χ4n) is 2.50. The third-order valence-electron chi connectivity index (χ3n) is 4.03. The molecular weight excluding hydrogens is 376 g/mol. The van der Waals surface area contributed by atoms with Gasteiger partial charge >= 0.3 is 0 Å². The minimum Gasteiger partial charge on any atom is -0.274 e. The molecule has 0 saturated heterocycles. The molecule has 2 heterocycles. The minimum atomic E-state index is -0.112. The van der Waals surface area contributed by atoms with Gasteiger partial charge in [0.25, 0.3) is 0 Å². The van der Waals surface area contributed by atoms with Crippen molar-refractivity contribution in [2.24, 2.45) is 0 Å². The first-order valence-electron chi connectivity index (χ1n) is 8.27. The van der Waals surface area contributed by atoms with Gasteiger partial charge in [-0.05, 0) is 50.1 Å². The Morgan fingerprint density at radius 3 is 2.52 bits per heavy atom. The maximum absolute atomic E-state index is 12.3. The molecule has 5 nitrogen and oxygen atoms in total. The molecule has 0 atom stereocenters. The third-order valence-corrected chi connectivity index (χ3v) is 5.86. The summed E-state index contributed by atoms with van der Waals surface area (Å²) in [6.07, 6.45) is 1.71. The number of carbonyl (C=O) groups excluding carboxylic acids is 1. The highest BCUT2D eigenvalue weighted by atomic mass is 32.1. The van der Waals surface area contributed by atoms with Crippen LogP contribution < -0.4 is 4.90 Å². The van der Waals surface area contributed by atoms with Gasteiger partial charge in [-0.25, -0.2) is 9.97 Å². The van der Waals surface area contributed by atoms with Gasteiger partial charge in [0, 0.05) is 23.4 Å². The molecule has 0 aliphatic rings. The first-order chi connectivity index (χ1) is 12.9. The van der Waals surface area contributed by atoms with E-state index in [1.54, 1.807) is 11.0 Å². The zero-order valence-electron chi connectivity index (χ0n) is 15.5. The predicted molar refractivity (Wildman–Crippen MR) is 111 cm³/mol. The molecule has 1 amide bonds. The van der Waals surface area contributed by atoms with Crippen molar-refractivity contribution in [3.05, 3.63) is 56.5 Å². The number of aromatic nitrogens is 2. The summed E-state index contributed by atoms with van der Waals surface area (Å²) in [5.41, 5.74) is 5.04. The van der Waals surface area contributed by atoms with Crippen molar-refractivity contribution in [2.75, 3.05) is 4.90 Å². The summed E-state index contributed by atoms with van der Waals surface area (Å²) in [5.74, 6) is -0.112. The lowest BCUT2D eigenvalue weighted by Gasteiger charge is -2.19. The van der Waals surface area contributed by atoms with Crippen molar-refractivity contribution in [2.45, 2.75) is 27.7 Å². The van der Waals surface area contributed by atoms with E-state index in [0.717, 1.165) is 16.9 Å². The number of allylic oxidation sites excluding steroid dienone is 1. The molecule has 27 heavy (non-hydrogen) atoms. The van der Waals surface area contributed by atoms with Gasteiger partial charge < -0.3 is 0 Å². The number of carbonyl (C=O) groups is 1. The van der Waals surface area contributed by atoms with Crippen molar-refractivity contribution < 1.29 is 4.79 Å². The molecular formula is C20H18N4OS2. The largest absolute Gasteiger partial charge is 0.274 e. The fourth-order valence-corrected chi connectivity index (χ4v) is 4.11. The molecule has 0 aliphatic heterocycles. The molecule has 0 N–H and O–H groups in total. The standard InChI is InChI=1S/C20H18N4OS2/c1-12-5-6-18(7-13(12)2)24(15(4)25)20-23-17(11-27-20)8-16(9-21)19-22-14(3)10-26-19/h5-8,10-11H,1-4H3/b16-8-. The smallest absolute Gasteiger partial charge is 0.230 e. The number of hydrogen-bond acceptors (Lipinski definition) is 6. The molecule has 3 rings (SSSR count). The molecule has 136 valence electrons. The molecule has 0 radical (unpaired) electrons. The fraction of sp³-hybridized carbons (Fsp3) is 0.200. The van der Waals surface area contributed by atoms with Crippen LogP contribution in [0.3, 0.4) is 0 Å². The van der Waals surface area contributed by atoms with E-state index < -0.39 is 0 Å². The van der Waals surface area contributed by atoms with E-state index in [-0.39, 0.29) is 5.91 Å².